The van der Waals surface area contributed by atoms with Crippen molar-refractivity contribution in [3.63, 3.8) is 0 Å². The maximum absolute atomic E-state index is 3.58. The maximum atomic E-state index is 3.58. The molecule has 0 atom stereocenters. The van der Waals surface area contributed by atoms with E-state index < -0.39 is 0 Å². The minimum Gasteiger partial charge on any atom is -0.315 e. The van der Waals surface area contributed by atoms with Crippen LogP contribution in [0, 0.1) is 11.3 Å². The second-order valence-electron chi connectivity index (χ2n) is 7.65. The van der Waals surface area contributed by atoms with E-state index in [9.17, 15) is 0 Å². The maximum Gasteiger partial charge on any atom is 0.0107 e. The largest absolute Gasteiger partial charge is 0.315 e. The van der Waals surface area contributed by atoms with Crippen LogP contribution in [-0.2, 0) is 0 Å². The van der Waals surface area contributed by atoms with Crippen LogP contribution < -0.4 is 5.32 Å². The van der Waals surface area contributed by atoms with Gasteiger partial charge in [-0.15, -0.1) is 0 Å². The molecule has 0 aliphatic carbocycles. The molecular formula is C16H33N3. The summed E-state index contributed by atoms with van der Waals surface area (Å²) in [5, 5.41) is 3.58. The Morgan fingerprint density at radius 3 is 2.47 bits per heavy atom. The Balaban J connectivity index is 1.78. The van der Waals surface area contributed by atoms with Gasteiger partial charge in [-0.05, 0) is 51.1 Å². The summed E-state index contributed by atoms with van der Waals surface area (Å²) < 4.78 is 0. The van der Waals surface area contributed by atoms with Crippen LogP contribution in [0.2, 0.25) is 0 Å². The van der Waals surface area contributed by atoms with Crippen molar-refractivity contribution in [1.82, 2.24) is 15.1 Å². The van der Waals surface area contributed by atoms with E-state index in [2.05, 4.69) is 42.8 Å². The Morgan fingerprint density at radius 2 is 1.84 bits per heavy atom. The second-order valence-corrected chi connectivity index (χ2v) is 7.65. The molecule has 2 aliphatic heterocycles. The molecule has 0 aromatic heterocycles. The molecule has 2 heterocycles. The van der Waals surface area contributed by atoms with Crippen LogP contribution in [0.25, 0.3) is 0 Å². The molecule has 19 heavy (non-hydrogen) atoms. The van der Waals surface area contributed by atoms with Crippen LogP contribution in [-0.4, -0.2) is 61.7 Å². The Morgan fingerprint density at radius 1 is 1.16 bits per heavy atom. The smallest absolute Gasteiger partial charge is 0.0107 e. The average molecular weight is 267 g/mol. The second kappa shape index (κ2) is 6.55. The van der Waals surface area contributed by atoms with E-state index in [0.717, 1.165) is 25.0 Å². The van der Waals surface area contributed by atoms with E-state index in [-0.39, 0.29) is 0 Å². The van der Waals surface area contributed by atoms with Gasteiger partial charge in [-0.1, -0.05) is 13.8 Å². The van der Waals surface area contributed by atoms with Crippen molar-refractivity contribution in [1.29, 1.82) is 0 Å². The molecule has 0 spiro atoms. The van der Waals surface area contributed by atoms with Crippen molar-refractivity contribution in [3.05, 3.63) is 0 Å². The van der Waals surface area contributed by atoms with Gasteiger partial charge in [-0.2, -0.15) is 0 Å². The highest BCUT2D eigenvalue weighted by atomic mass is 15.2. The van der Waals surface area contributed by atoms with Crippen LogP contribution in [0.15, 0.2) is 0 Å². The molecule has 3 nitrogen and oxygen atoms in total. The normalized spacial score (nSPS) is 27.6. The Kier molecular flexibility index (Phi) is 5.27. The Bertz CT molecular complexity index is 267. The highest BCUT2D eigenvalue weighted by molar-refractivity contribution is 4.83. The molecule has 3 heteroatoms. The number of hydrogen-bond acceptors (Lipinski definition) is 3. The topological polar surface area (TPSA) is 18.5 Å². The summed E-state index contributed by atoms with van der Waals surface area (Å²) in [6.45, 7) is 18.2. The molecule has 0 aromatic carbocycles. The number of rotatable bonds is 3. The quantitative estimate of drug-likeness (QED) is 0.844. The number of nitrogens with one attached hydrogen (secondary N) is 1. The molecule has 2 saturated heterocycles. The number of nitrogens with zero attached hydrogens (tertiary/aromatic N) is 2. The van der Waals surface area contributed by atoms with Crippen LogP contribution in [0.3, 0.4) is 0 Å². The van der Waals surface area contributed by atoms with E-state index in [1.807, 2.05) is 0 Å². The van der Waals surface area contributed by atoms with E-state index in [4.69, 9.17) is 0 Å². The molecule has 2 aliphatic rings. The molecular weight excluding hydrogens is 234 g/mol. The molecule has 0 bridgehead atoms. The average Bonchev–Trinajstić information content (AvgIpc) is 2.50. The van der Waals surface area contributed by atoms with Crippen LogP contribution in [0.4, 0.5) is 0 Å². The fourth-order valence-corrected chi connectivity index (χ4v) is 3.58. The lowest BCUT2D eigenvalue weighted by atomic mass is 9.91. The Labute approximate surface area is 119 Å². The molecule has 2 fully saturated rings. The lowest BCUT2D eigenvalue weighted by molar-refractivity contribution is 0.111. The molecule has 0 amide bonds. The zero-order chi connectivity index (χ0) is 13.9. The van der Waals surface area contributed by atoms with Gasteiger partial charge in [-0.3, -0.25) is 0 Å². The highest BCUT2D eigenvalue weighted by Gasteiger charge is 2.27. The zero-order valence-electron chi connectivity index (χ0n) is 13.4. The van der Waals surface area contributed by atoms with Crippen LogP contribution in [0.5, 0.6) is 0 Å². The molecule has 112 valence electrons. The van der Waals surface area contributed by atoms with E-state index in [1.165, 1.54) is 45.6 Å². The van der Waals surface area contributed by atoms with Gasteiger partial charge in [0.15, 0.2) is 0 Å². The van der Waals surface area contributed by atoms with Crippen molar-refractivity contribution in [3.8, 4) is 0 Å². The fourth-order valence-electron chi connectivity index (χ4n) is 3.58. The van der Waals surface area contributed by atoms with Gasteiger partial charge in [0.25, 0.3) is 0 Å². The minimum absolute atomic E-state index is 0.426. The zero-order valence-corrected chi connectivity index (χ0v) is 13.4. The summed E-state index contributed by atoms with van der Waals surface area (Å²) in [5.74, 6) is 0.920. The van der Waals surface area contributed by atoms with E-state index in [0.29, 0.717) is 5.41 Å². The fraction of sp³-hybridized carbons (Fsp3) is 1.00. The van der Waals surface area contributed by atoms with Crippen molar-refractivity contribution >= 4 is 0 Å². The van der Waals surface area contributed by atoms with Gasteiger partial charge >= 0.3 is 0 Å². The van der Waals surface area contributed by atoms with E-state index >= 15 is 0 Å². The summed E-state index contributed by atoms with van der Waals surface area (Å²) >= 11 is 0. The third-order valence-electron chi connectivity index (χ3n) is 4.76. The lowest BCUT2D eigenvalue weighted by Gasteiger charge is -2.37. The minimum atomic E-state index is 0.426. The summed E-state index contributed by atoms with van der Waals surface area (Å²) in [6, 6.07) is 0.724. The van der Waals surface area contributed by atoms with Crippen molar-refractivity contribution in [2.24, 2.45) is 11.3 Å². The molecule has 0 aromatic rings. The van der Waals surface area contributed by atoms with Gasteiger partial charge in [0.1, 0.15) is 0 Å². The van der Waals surface area contributed by atoms with Crippen LogP contribution >= 0.6 is 0 Å². The Hall–Kier alpha value is -0.120. The van der Waals surface area contributed by atoms with Crippen molar-refractivity contribution in [2.45, 2.75) is 46.6 Å². The predicted molar refractivity (Wildman–Crippen MR) is 82.5 cm³/mol. The summed E-state index contributed by atoms with van der Waals surface area (Å²) in [6.07, 6.45) is 2.78. The number of hydrogen-bond donors (Lipinski definition) is 1. The third kappa shape index (κ3) is 4.73. The van der Waals surface area contributed by atoms with Gasteiger partial charge in [0, 0.05) is 38.8 Å². The number of likely N-dealkylation sites (tertiary alicyclic amines) is 1. The van der Waals surface area contributed by atoms with Crippen molar-refractivity contribution in [2.75, 3.05) is 45.8 Å². The third-order valence-corrected chi connectivity index (χ3v) is 4.76. The monoisotopic (exact) mass is 267 g/mol. The number of piperidine rings is 1. The molecule has 2 rings (SSSR count). The molecule has 0 radical (unpaired) electrons. The lowest BCUT2D eigenvalue weighted by Crippen LogP contribution is -2.43. The first-order chi connectivity index (χ1) is 8.96. The highest BCUT2D eigenvalue weighted by Crippen LogP contribution is 2.23. The molecule has 0 unspecified atom stereocenters. The molecule has 0 saturated carbocycles. The summed E-state index contributed by atoms with van der Waals surface area (Å²) in [7, 11) is 0. The summed E-state index contributed by atoms with van der Waals surface area (Å²) in [4.78, 5) is 5.33. The standard InChI is InChI=1S/C16H33N3/c1-14(2)19-8-5-15(6-9-19)11-18-10-7-17-12-16(3,4)13-18/h14-15,17H,5-13H2,1-4H3. The SMILES string of the molecule is CC(C)N1CCC(CN2CCNCC(C)(C)C2)CC1. The van der Waals surface area contributed by atoms with Crippen molar-refractivity contribution < 1.29 is 0 Å². The van der Waals surface area contributed by atoms with Gasteiger partial charge in [-0.25, -0.2) is 0 Å². The first-order valence-electron chi connectivity index (χ1n) is 8.13. The van der Waals surface area contributed by atoms with E-state index in [1.54, 1.807) is 0 Å². The molecule has 1 N–H and O–H groups in total. The van der Waals surface area contributed by atoms with Crippen LogP contribution in [0.1, 0.15) is 40.5 Å². The first kappa shape index (κ1) is 15.3. The summed E-state index contributed by atoms with van der Waals surface area (Å²) in [5.41, 5.74) is 0.426. The predicted octanol–water partition coefficient (Wildman–Crippen LogP) is 2.04. The first-order valence-corrected chi connectivity index (χ1v) is 8.13. The van der Waals surface area contributed by atoms with Gasteiger partial charge in [0.05, 0.1) is 0 Å². The van der Waals surface area contributed by atoms with Gasteiger partial charge < -0.3 is 15.1 Å². The van der Waals surface area contributed by atoms with Gasteiger partial charge in [0.2, 0.25) is 0 Å².